The van der Waals surface area contributed by atoms with Gasteiger partial charge in [-0.25, -0.2) is 4.98 Å². The Morgan fingerprint density at radius 2 is 1.95 bits per heavy atom. The Balaban J connectivity index is 1.78. The summed E-state index contributed by atoms with van der Waals surface area (Å²) in [5, 5.41) is 0. The van der Waals surface area contributed by atoms with Gasteiger partial charge < -0.3 is 9.47 Å². The number of nitrogens with zero attached hydrogens (tertiary/aromatic N) is 2. The van der Waals surface area contributed by atoms with E-state index in [4.69, 9.17) is 9.47 Å². The average Bonchev–Trinajstić information content (AvgIpc) is 2.56. The monoisotopic (exact) mass is 284 g/mol. The summed E-state index contributed by atoms with van der Waals surface area (Å²) in [5.41, 5.74) is 3.37. The van der Waals surface area contributed by atoms with Crippen LogP contribution < -0.4 is 4.74 Å². The molecule has 4 nitrogen and oxygen atoms in total. The molecule has 110 valence electrons. The van der Waals surface area contributed by atoms with Crippen molar-refractivity contribution in [3.8, 4) is 17.1 Å². The lowest BCUT2D eigenvalue weighted by atomic mass is 10.1. The number of benzene rings is 1. The van der Waals surface area contributed by atoms with Crippen molar-refractivity contribution in [2.24, 2.45) is 0 Å². The van der Waals surface area contributed by atoms with E-state index in [1.54, 1.807) is 7.11 Å². The van der Waals surface area contributed by atoms with Gasteiger partial charge in [0.25, 0.3) is 0 Å². The number of methoxy groups -OCH3 is 1. The van der Waals surface area contributed by atoms with Crippen LogP contribution in [0.1, 0.15) is 5.56 Å². The predicted molar refractivity (Wildman–Crippen MR) is 82.3 cm³/mol. The summed E-state index contributed by atoms with van der Waals surface area (Å²) in [6.45, 7) is 4.62. The molecule has 0 unspecified atom stereocenters. The lowest BCUT2D eigenvalue weighted by Gasteiger charge is -2.26. The molecule has 0 saturated carbocycles. The highest BCUT2D eigenvalue weighted by molar-refractivity contribution is 5.60. The van der Waals surface area contributed by atoms with Crippen LogP contribution in [0.2, 0.25) is 0 Å². The number of rotatable bonds is 4. The van der Waals surface area contributed by atoms with Gasteiger partial charge >= 0.3 is 0 Å². The normalized spacial score (nSPS) is 15.9. The van der Waals surface area contributed by atoms with E-state index in [0.717, 1.165) is 44.1 Å². The molecule has 1 aromatic carbocycles. The van der Waals surface area contributed by atoms with Gasteiger partial charge in [0.1, 0.15) is 0 Å². The average molecular weight is 284 g/mol. The second-order valence-electron chi connectivity index (χ2n) is 5.15. The van der Waals surface area contributed by atoms with Crippen molar-refractivity contribution in [3.05, 3.63) is 48.0 Å². The number of aromatic nitrogens is 1. The smallest absolute Gasteiger partial charge is 0.213 e. The molecule has 0 spiro atoms. The van der Waals surface area contributed by atoms with Crippen molar-refractivity contribution in [1.29, 1.82) is 0 Å². The van der Waals surface area contributed by atoms with E-state index in [2.05, 4.69) is 34.1 Å². The molecule has 0 N–H and O–H groups in total. The van der Waals surface area contributed by atoms with E-state index < -0.39 is 0 Å². The zero-order chi connectivity index (χ0) is 14.5. The molecule has 1 aliphatic rings. The van der Waals surface area contributed by atoms with Crippen LogP contribution in [-0.4, -0.2) is 43.3 Å². The SMILES string of the molecule is COc1cccc(-c2cccc(CN3CCOCC3)c2)n1. The van der Waals surface area contributed by atoms with Crippen LogP contribution in [0.3, 0.4) is 0 Å². The van der Waals surface area contributed by atoms with Crippen LogP contribution in [-0.2, 0) is 11.3 Å². The van der Waals surface area contributed by atoms with Crippen LogP contribution >= 0.6 is 0 Å². The summed E-state index contributed by atoms with van der Waals surface area (Å²) < 4.78 is 10.6. The summed E-state index contributed by atoms with van der Waals surface area (Å²) in [4.78, 5) is 6.91. The summed E-state index contributed by atoms with van der Waals surface area (Å²) in [7, 11) is 1.64. The zero-order valence-corrected chi connectivity index (χ0v) is 12.3. The Kier molecular flexibility index (Phi) is 4.48. The van der Waals surface area contributed by atoms with Crippen molar-refractivity contribution in [2.45, 2.75) is 6.54 Å². The maximum absolute atomic E-state index is 5.39. The van der Waals surface area contributed by atoms with Gasteiger partial charge in [-0.2, -0.15) is 0 Å². The topological polar surface area (TPSA) is 34.6 Å². The van der Waals surface area contributed by atoms with Crippen LogP contribution in [0, 0.1) is 0 Å². The van der Waals surface area contributed by atoms with Gasteiger partial charge in [-0.15, -0.1) is 0 Å². The van der Waals surface area contributed by atoms with Crippen LogP contribution in [0.4, 0.5) is 0 Å². The molecule has 0 atom stereocenters. The quantitative estimate of drug-likeness (QED) is 0.864. The second-order valence-corrected chi connectivity index (χ2v) is 5.15. The fourth-order valence-electron chi connectivity index (χ4n) is 2.54. The Bertz CT molecular complexity index is 595. The van der Waals surface area contributed by atoms with Crippen LogP contribution in [0.25, 0.3) is 11.3 Å². The number of hydrogen-bond donors (Lipinski definition) is 0. The molecule has 3 rings (SSSR count). The van der Waals surface area contributed by atoms with Gasteiger partial charge in [0, 0.05) is 31.3 Å². The van der Waals surface area contributed by atoms with Gasteiger partial charge in [0.05, 0.1) is 26.0 Å². The molecule has 1 fully saturated rings. The lowest BCUT2D eigenvalue weighted by Crippen LogP contribution is -2.35. The first-order chi connectivity index (χ1) is 10.3. The Labute approximate surface area is 125 Å². The van der Waals surface area contributed by atoms with E-state index in [1.165, 1.54) is 5.56 Å². The summed E-state index contributed by atoms with van der Waals surface area (Å²) >= 11 is 0. The van der Waals surface area contributed by atoms with Crippen LogP contribution in [0.15, 0.2) is 42.5 Å². The van der Waals surface area contributed by atoms with Gasteiger partial charge in [-0.1, -0.05) is 24.3 Å². The molecule has 0 radical (unpaired) electrons. The minimum Gasteiger partial charge on any atom is -0.481 e. The first-order valence-corrected chi connectivity index (χ1v) is 7.25. The molecule has 1 aromatic heterocycles. The minimum atomic E-state index is 0.645. The van der Waals surface area contributed by atoms with Crippen LogP contribution in [0.5, 0.6) is 5.88 Å². The standard InChI is InChI=1S/C17H20N2O2/c1-20-17-7-3-6-16(18-17)15-5-2-4-14(12-15)13-19-8-10-21-11-9-19/h2-7,12H,8-11,13H2,1H3. The fourth-order valence-corrected chi connectivity index (χ4v) is 2.54. The minimum absolute atomic E-state index is 0.645. The Morgan fingerprint density at radius 3 is 2.76 bits per heavy atom. The van der Waals surface area contributed by atoms with Gasteiger partial charge in [-0.3, -0.25) is 4.90 Å². The molecule has 0 bridgehead atoms. The number of ether oxygens (including phenoxy) is 2. The fraction of sp³-hybridized carbons (Fsp3) is 0.353. The highest BCUT2D eigenvalue weighted by Gasteiger charge is 2.11. The van der Waals surface area contributed by atoms with Crippen molar-refractivity contribution < 1.29 is 9.47 Å². The zero-order valence-electron chi connectivity index (χ0n) is 12.3. The first kappa shape index (κ1) is 14.0. The molecule has 0 aliphatic carbocycles. The third-order valence-corrected chi connectivity index (χ3v) is 3.67. The maximum atomic E-state index is 5.39. The molecular weight excluding hydrogens is 264 g/mol. The molecule has 4 heteroatoms. The highest BCUT2D eigenvalue weighted by atomic mass is 16.5. The lowest BCUT2D eigenvalue weighted by molar-refractivity contribution is 0.0342. The third kappa shape index (κ3) is 3.60. The Morgan fingerprint density at radius 1 is 1.14 bits per heavy atom. The van der Waals surface area contributed by atoms with E-state index >= 15 is 0 Å². The van der Waals surface area contributed by atoms with Crippen molar-refractivity contribution in [3.63, 3.8) is 0 Å². The van der Waals surface area contributed by atoms with E-state index in [0.29, 0.717) is 5.88 Å². The molecule has 21 heavy (non-hydrogen) atoms. The number of morpholine rings is 1. The molecular formula is C17H20N2O2. The van der Waals surface area contributed by atoms with Crippen molar-refractivity contribution in [1.82, 2.24) is 9.88 Å². The number of hydrogen-bond acceptors (Lipinski definition) is 4. The number of pyridine rings is 1. The summed E-state index contributed by atoms with van der Waals surface area (Å²) in [6, 6.07) is 14.4. The summed E-state index contributed by atoms with van der Waals surface area (Å²) in [5.74, 6) is 0.645. The summed E-state index contributed by atoms with van der Waals surface area (Å²) in [6.07, 6.45) is 0. The maximum Gasteiger partial charge on any atom is 0.213 e. The van der Waals surface area contributed by atoms with Gasteiger partial charge in [0.2, 0.25) is 5.88 Å². The van der Waals surface area contributed by atoms with Crippen molar-refractivity contribution in [2.75, 3.05) is 33.4 Å². The molecule has 1 aliphatic heterocycles. The molecule has 1 saturated heterocycles. The highest BCUT2D eigenvalue weighted by Crippen LogP contribution is 2.21. The van der Waals surface area contributed by atoms with Crippen molar-refractivity contribution >= 4 is 0 Å². The van der Waals surface area contributed by atoms with Gasteiger partial charge in [0.15, 0.2) is 0 Å². The second kappa shape index (κ2) is 6.70. The third-order valence-electron chi connectivity index (χ3n) is 3.67. The van der Waals surface area contributed by atoms with E-state index in [-0.39, 0.29) is 0 Å². The molecule has 0 amide bonds. The predicted octanol–water partition coefficient (Wildman–Crippen LogP) is 2.59. The molecule has 2 heterocycles. The largest absolute Gasteiger partial charge is 0.481 e. The first-order valence-electron chi connectivity index (χ1n) is 7.25. The van der Waals surface area contributed by atoms with Gasteiger partial charge in [-0.05, 0) is 17.7 Å². The Hall–Kier alpha value is -1.91. The van der Waals surface area contributed by atoms with E-state index in [1.807, 2.05) is 18.2 Å². The molecule has 2 aromatic rings. The van der Waals surface area contributed by atoms with E-state index in [9.17, 15) is 0 Å².